The molecule has 12 nitrogen and oxygen atoms in total. The van der Waals surface area contributed by atoms with Gasteiger partial charge >= 0.3 is 12.1 Å². The molecular weight excluding hydrogens is 679 g/mol. The number of allylic oxidation sites excluding steroid dienone is 1. The van der Waals surface area contributed by atoms with Crippen LogP contribution in [0.3, 0.4) is 0 Å². The first-order chi connectivity index (χ1) is 24.2. The molecule has 264 valence electrons. The first-order valence-electron chi connectivity index (χ1n) is 17.4. The van der Waals surface area contributed by atoms with Crippen molar-refractivity contribution in [2.45, 2.75) is 100 Å². The van der Waals surface area contributed by atoms with Gasteiger partial charge in [0.15, 0.2) is 0 Å². The molecule has 7 rings (SSSR count). The van der Waals surface area contributed by atoms with Crippen LogP contribution in [0.4, 0.5) is 4.79 Å². The largest absolute Gasteiger partial charge is 0.479 e. The van der Waals surface area contributed by atoms with Gasteiger partial charge in [0.1, 0.15) is 23.7 Å². The highest BCUT2D eigenvalue weighted by atomic mass is 32.1. The number of carbonyl (C=O) groups excluding carboxylic acids is 3. The number of hydrogen-bond donors (Lipinski definition) is 3. The lowest BCUT2D eigenvalue weighted by atomic mass is 10.0. The van der Waals surface area contributed by atoms with Crippen LogP contribution in [0.25, 0.3) is 22.3 Å². The molecule has 3 N–H and O–H groups in total. The van der Waals surface area contributed by atoms with Crippen LogP contribution < -0.4 is 16.2 Å². The first kappa shape index (κ1) is 34.2. The fraction of sp³-hybridized carbons (Fsp3) is 0.500. The number of aromatic nitrogens is 2. The molecular formula is C36H41N5O7S2. The van der Waals surface area contributed by atoms with Crippen LogP contribution in [-0.4, -0.2) is 73.9 Å². The Balaban J connectivity index is 1.23. The van der Waals surface area contributed by atoms with Crippen molar-refractivity contribution in [1.29, 1.82) is 0 Å². The van der Waals surface area contributed by atoms with E-state index in [4.69, 9.17) is 4.74 Å². The number of hydrogen-bond acceptors (Lipinski definition) is 9. The van der Waals surface area contributed by atoms with E-state index in [2.05, 4.69) is 15.7 Å². The number of aliphatic carboxylic acids is 1. The molecule has 4 aliphatic rings. The van der Waals surface area contributed by atoms with E-state index >= 15 is 0 Å². The molecule has 3 fully saturated rings. The van der Waals surface area contributed by atoms with E-state index in [-0.39, 0.29) is 37.0 Å². The quantitative estimate of drug-likeness (QED) is 0.287. The average Bonchev–Trinajstić information content (AvgIpc) is 3.77. The Labute approximate surface area is 297 Å². The van der Waals surface area contributed by atoms with Gasteiger partial charge < -0.3 is 25.4 Å². The summed E-state index contributed by atoms with van der Waals surface area (Å²) in [6.45, 7) is -0.0239. The lowest BCUT2D eigenvalue weighted by Gasteiger charge is -2.29. The number of alkyl carbamates (subject to hydrolysis) is 1. The smallest absolute Gasteiger partial charge is 0.408 e. The fourth-order valence-corrected chi connectivity index (χ4v) is 8.94. The predicted molar refractivity (Wildman–Crippen MR) is 189 cm³/mol. The van der Waals surface area contributed by atoms with Crippen molar-refractivity contribution in [3.05, 3.63) is 62.4 Å². The van der Waals surface area contributed by atoms with Gasteiger partial charge in [0, 0.05) is 24.4 Å². The summed E-state index contributed by atoms with van der Waals surface area (Å²) in [6, 6.07) is 1.07. The van der Waals surface area contributed by atoms with Crippen LogP contribution in [-0.2, 0) is 19.1 Å². The molecule has 3 amide bonds. The predicted octanol–water partition coefficient (Wildman–Crippen LogP) is 5.36. The Morgan fingerprint density at radius 1 is 1.00 bits per heavy atom. The van der Waals surface area contributed by atoms with Gasteiger partial charge in [-0.3, -0.25) is 14.4 Å². The summed E-state index contributed by atoms with van der Waals surface area (Å²) in [6.07, 6.45) is 11.8. The zero-order valence-electron chi connectivity index (χ0n) is 27.6. The molecule has 2 aliphatic heterocycles. The number of rotatable bonds is 6. The third-order valence-corrected chi connectivity index (χ3v) is 11.9. The second-order valence-electron chi connectivity index (χ2n) is 13.8. The van der Waals surface area contributed by atoms with Crippen LogP contribution in [0.1, 0.15) is 76.7 Å². The fourth-order valence-electron chi connectivity index (χ4n) is 7.64. The van der Waals surface area contributed by atoms with Crippen LogP contribution in [0.15, 0.2) is 56.8 Å². The molecule has 14 heteroatoms. The third kappa shape index (κ3) is 6.87. The molecule has 1 saturated heterocycles. The molecule has 2 aliphatic carbocycles. The lowest BCUT2D eigenvalue weighted by molar-refractivity contribution is -0.145. The number of carboxylic acid groups (broad SMARTS) is 1. The van der Waals surface area contributed by atoms with Crippen molar-refractivity contribution in [2.24, 2.45) is 5.92 Å². The third-order valence-electron chi connectivity index (χ3n) is 10.5. The van der Waals surface area contributed by atoms with Crippen molar-refractivity contribution >= 4 is 46.6 Å². The SMILES string of the molecule is O=C(N[C@H]1CCCCCC=C[C@@H]2C[C@@]2(C(=O)O)NC(=O)[C@@H]2C[C@@H](n3ncc(-c4ccsc4)c(-c4ccsc4)c3=O)CN2C1=O)OC1CCCC1. The second kappa shape index (κ2) is 14.5. The zero-order chi connectivity index (χ0) is 34.8. The molecule has 0 aromatic carbocycles. The van der Waals surface area contributed by atoms with Gasteiger partial charge in [-0.05, 0) is 96.1 Å². The molecule has 5 atom stereocenters. The Kier molecular flexibility index (Phi) is 9.91. The van der Waals surface area contributed by atoms with Crippen molar-refractivity contribution in [1.82, 2.24) is 25.3 Å². The molecule has 50 heavy (non-hydrogen) atoms. The Morgan fingerprint density at radius 3 is 2.46 bits per heavy atom. The van der Waals surface area contributed by atoms with Crippen LogP contribution in [0.5, 0.6) is 0 Å². The monoisotopic (exact) mass is 719 g/mol. The summed E-state index contributed by atoms with van der Waals surface area (Å²) < 4.78 is 7.00. The summed E-state index contributed by atoms with van der Waals surface area (Å²) in [5.41, 5.74) is 0.969. The van der Waals surface area contributed by atoms with Crippen molar-refractivity contribution < 1.29 is 29.0 Å². The highest BCUT2D eigenvalue weighted by molar-refractivity contribution is 7.08. The number of thiophene rings is 2. The molecule has 0 spiro atoms. The van der Waals surface area contributed by atoms with E-state index in [1.54, 1.807) is 6.20 Å². The maximum absolute atomic E-state index is 14.5. The maximum atomic E-state index is 14.5. The molecule has 2 saturated carbocycles. The van der Waals surface area contributed by atoms with E-state index in [0.717, 1.165) is 56.1 Å². The van der Waals surface area contributed by atoms with Gasteiger partial charge in [-0.2, -0.15) is 27.8 Å². The number of nitrogens with one attached hydrogen (secondary N) is 2. The molecule has 0 radical (unpaired) electrons. The second-order valence-corrected chi connectivity index (χ2v) is 15.3. The minimum Gasteiger partial charge on any atom is -0.479 e. The molecule has 0 unspecified atom stereocenters. The summed E-state index contributed by atoms with van der Waals surface area (Å²) in [5, 5.41) is 28.1. The van der Waals surface area contributed by atoms with Crippen molar-refractivity contribution in [3.8, 4) is 22.3 Å². The normalized spacial score (nSPS) is 27.5. The average molecular weight is 720 g/mol. The van der Waals surface area contributed by atoms with Crippen molar-refractivity contribution in [3.63, 3.8) is 0 Å². The van der Waals surface area contributed by atoms with Gasteiger partial charge in [0.25, 0.3) is 5.56 Å². The standard InChI is InChI=1S/C36H41N5O7S2/c42-31-29-16-25(41-33(44)30(23-13-15-50-21-23)27(18-37-41)22-12-14-49-20-22)19-40(29)32(43)28(38-35(47)48-26-9-6-7-10-26)11-5-3-1-2-4-8-24-17-36(24,39-31)34(45)46/h4,8,12-15,18,20-21,24-26,28-29H,1-3,5-7,9-11,16-17,19H2,(H,38,47)(H,39,42)(H,45,46)/t24-,25-,28+,29+,36-/m1/s1. The number of carbonyl (C=O) groups is 4. The number of amides is 3. The Hall–Kier alpha value is -4.30. The summed E-state index contributed by atoms with van der Waals surface area (Å²) in [4.78, 5) is 69.8. The van der Waals surface area contributed by atoms with Crippen LogP contribution in [0, 0.1) is 5.92 Å². The van der Waals surface area contributed by atoms with E-state index in [9.17, 15) is 29.1 Å². The number of nitrogens with zero attached hydrogens (tertiary/aromatic N) is 3. The van der Waals surface area contributed by atoms with E-state index in [0.29, 0.717) is 24.0 Å². The van der Waals surface area contributed by atoms with Crippen molar-refractivity contribution in [2.75, 3.05) is 6.54 Å². The van der Waals surface area contributed by atoms with Gasteiger partial charge in [-0.15, -0.1) is 0 Å². The summed E-state index contributed by atoms with van der Waals surface area (Å²) in [5.74, 6) is -2.57. The van der Waals surface area contributed by atoms with E-state index in [1.807, 2.05) is 45.8 Å². The van der Waals surface area contributed by atoms with Crippen LogP contribution >= 0.6 is 22.7 Å². The zero-order valence-corrected chi connectivity index (χ0v) is 29.3. The minimum atomic E-state index is -1.47. The van der Waals surface area contributed by atoms with Gasteiger partial charge in [0.05, 0.1) is 17.8 Å². The Bertz CT molecular complexity index is 1820. The summed E-state index contributed by atoms with van der Waals surface area (Å²) >= 11 is 2.99. The summed E-state index contributed by atoms with van der Waals surface area (Å²) in [7, 11) is 0. The lowest BCUT2D eigenvalue weighted by Crippen LogP contribution is -2.56. The van der Waals surface area contributed by atoms with E-state index < -0.39 is 47.5 Å². The molecule has 5 heterocycles. The van der Waals surface area contributed by atoms with Gasteiger partial charge in [0.2, 0.25) is 11.8 Å². The molecule has 3 aromatic heterocycles. The maximum Gasteiger partial charge on any atom is 0.408 e. The minimum absolute atomic E-state index is 0.0239. The molecule has 0 bridgehead atoms. The number of ether oxygens (including phenoxy) is 1. The van der Waals surface area contributed by atoms with Crippen LogP contribution in [0.2, 0.25) is 0 Å². The molecule has 3 aromatic rings. The topological polar surface area (TPSA) is 160 Å². The Morgan fingerprint density at radius 2 is 1.74 bits per heavy atom. The first-order valence-corrected chi connectivity index (χ1v) is 19.3. The van der Waals surface area contributed by atoms with E-state index in [1.165, 1.54) is 32.3 Å². The van der Waals surface area contributed by atoms with Gasteiger partial charge in [-0.1, -0.05) is 25.0 Å². The van der Waals surface area contributed by atoms with Gasteiger partial charge in [-0.25, -0.2) is 14.3 Å². The highest BCUT2D eigenvalue weighted by Gasteiger charge is 2.61. The highest BCUT2D eigenvalue weighted by Crippen LogP contribution is 2.45. The number of carboxylic acids is 1. The number of fused-ring (bicyclic) bond motifs is 2.